The highest BCUT2D eigenvalue weighted by molar-refractivity contribution is 7.10. The van der Waals surface area contributed by atoms with Gasteiger partial charge in [-0.3, -0.25) is 9.36 Å². The topological polar surface area (TPSA) is 91.9 Å². The summed E-state index contributed by atoms with van der Waals surface area (Å²) in [6.07, 6.45) is 1.88. The van der Waals surface area contributed by atoms with Crippen molar-refractivity contribution >= 4 is 46.4 Å². The molecule has 44 heavy (non-hydrogen) atoms. The summed E-state index contributed by atoms with van der Waals surface area (Å²) in [5.41, 5.74) is 5.54. The lowest BCUT2D eigenvalue weighted by Crippen LogP contribution is -2.39. The molecule has 1 aliphatic heterocycles. The van der Waals surface area contributed by atoms with E-state index in [4.69, 9.17) is 14.5 Å². The van der Waals surface area contributed by atoms with Crippen LogP contribution in [-0.2, 0) is 14.3 Å². The number of nitrogens with zero attached hydrogens (tertiary/aromatic N) is 3. The molecular weight excluding hydrogens is 595 g/mol. The first-order chi connectivity index (χ1) is 21.3. The van der Waals surface area contributed by atoms with Gasteiger partial charge >= 0.3 is 11.9 Å². The van der Waals surface area contributed by atoms with E-state index in [1.807, 2.05) is 86.0 Å². The monoisotopic (exact) mass is 623 g/mol. The van der Waals surface area contributed by atoms with Gasteiger partial charge in [0, 0.05) is 27.5 Å². The Kier molecular flexibility index (Phi) is 8.03. The number of methoxy groups -OCH3 is 1. The maximum absolute atomic E-state index is 14.2. The molecular formula is C34H29N3O5S2. The van der Waals surface area contributed by atoms with Crippen molar-refractivity contribution in [1.82, 2.24) is 9.13 Å². The zero-order valence-corrected chi connectivity index (χ0v) is 26.2. The molecule has 0 amide bonds. The molecule has 6 rings (SSSR count). The lowest BCUT2D eigenvalue weighted by molar-refractivity contribution is -0.138. The van der Waals surface area contributed by atoms with E-state index < -0.39 is 18.0 Å². The normalized spacial score (nSPS) is 14.7. The third kappa shape index (κ3) is 5.16. The number of rotatable bonds is 7. The van der Waals surface area contributed by atoms with Crippen LogP contribution in [0.2, 0.25) is 0 Å². The molecule has 0 saturated carbocycles. The minimum Gasteiger partial charge on any atom is -0.465 e. The standard InChI is InChI=1S/C34H29N3O5S2/c1-5-42-33(40)28-29(22-10-7-6-8-11-22)35-34-37(30(28)26-12-9-17-43-26)31(38)27(44-34)19-24-18-20(2)36(21(24)3)25-15-13-23(14-16-25)32(39)41-4/h6-19,30H,5H2,1-4H3/t30-/m0/s1. The highest BCUT2D eigenvalue weighted by atomic mass is 32.1. The molecule has 0 saturated heterocycles. The van der Waals surface area contributed by atoms with Gasteiger partial charge in [-0.2, -0.15) is 0 Å². The maximum Gasteiger partial charge on any atom is 0.338 e. The Bertz CT molecular complexity index is 2080. The molecule has 0 bridgehead atoms. The molecule has 4 heterocycles. The zero-order chi connectivity index (χ0) is 31.0. The zero-order valence-electron chi connectivity index (χ0n) is 24.6. The van der Waals surface area contributed by atoms with Crippen molar-refractivity contribution in [3.8, 4) is 5.69 Å². The Morgan fingerprint density at radius 1 is 1.00 bits per heavy atom. The highest BCUT2D eigenvalue weighted by Crippen LogP contribution is 2.36. The van der Waals surface area contributed by atoms with Gasteiger partial charge in [0.05, 0.1) is 35.1 Å². The Balaban J connectivity index is 1.52. The second-order valence-corrected chi connectivity index (χ2v) is 12.1. The van der Waals surface area contributed by atoms with Gasteiger partial charge < -0.3 is 14.0 Å². The second kappa shape index (κ2) is 12.1. The first-order valence-electron chi connectivity index (χ1n) is 14.0. The van der Waals surface area contributed by atoms with Crippen LogP contribution in [0.25, 0.3) is 17.5 Å². The Morgan fingerprint density at radius 3 is 2.41 bits per heavy atom. The Morgan fingerprint density at radius 2 is 1.75 bits per heavy atom. The summed E-state index contributed by atoms with van der Waals surface area (Å²) in [4.78, 5) is 45.8. The predicted molar refractivity (Wildman–Crippen MR) is 172 cm³/mol. The van der Waals surface area contributed by atoms with Gasteiger partial charge in [-0.25, -0.2) is 14.6 Å². The second-order valence-electron chi connectivity index (χ2n) is 10.1. The highest BCUT2D eigenvalue weighted by Gasteiger charge is 2.35. The van der Waals surface area contributed by atoms with Crippen LogP contribution in [0.5, 0.6) is 0 Å². The average Bonchev–Trinajstić information content (AvgIpc) is 3.75. The van der Waals surface area contributed by atoms with Crippen LogP contribution in [0.1, 0.15) is 50.7 Å². The number of thiophene rings is 1. The number of fused-ring (bicyclic) bond motifs is 1. The summed E-state index contributed by atoms with van der Waals surface area (Å²) < 4.78 is 14.5. The third-order valence-corrected chi connectivity index (χ3v) is 9.40. The first-order valence-corrected chi connectivity index (χ1v) is 15.7. The van der Waals surface area contributed by atoms with Crippen LogP contribution >= 0.6 is 22.7 Å². The molecule has 0 unspecified atom stereocenters. The van der Waals surface area contributed by atoms with Crippen molar-refractivity contribution in [2.45, 2.75) is 26.8 Å². The van der Waals surface area contributed by atoms with E-state index in [2.05, 4.69) is 4.57 Å². The van der Waals surface area contributed by atoms with E-state index >= 15 is 0 Å². The number of thiazole rings is 1. The molecule has 2 aromatic carbocycles. The molecule has 8 nitrogen and oxygen atoms in total. The molecule has 1 atom stereocenters. The summed E-state index contributed by atoms with van der Waals surface area (Å²) in [5, 5.41) is 1.93. The molecule has 222 valence electrons. The molecule has 0 fully saturated rings. The molecule has 1 aliphatic rings. The fraction of sp³-hybridized carbons (Fsp3) is 0.176. The maximum atomic E-state index is 14.2. The number of benzene rings is 2. The third-order valence-electron chi connectivity index (χ3n) is 7.49. The Labute approximate surface area is 261 Å². The molecule has 0 spiro atoms. The number of esters is 2. The van der Waals surface area contributed by atoms with Gasteiger partial charge in [0.1, 0.15) is 6.04 Å². The van der Waals surface area contributed by atoms with E-state index in [1.54, 1.807) is 23.6 Å². The van der Waals surface area contributed by atoms with Crippen LogP contribution in [0.15, 0.2) is 93.5 Å². The van der Waals surface area contributed by atoms with E-state index in [0.29, 0.717) is 26.2 Å². The van der Waals surface area contributed by atoms with E-state index in [0.717, 1.165) is 33.1 Å². The molecule has 0 N–H and O–H groups in total. The number of aryl methyl sites for hydroxylation is 1. The van der Waals surface area contributed by atoms with Crippen LogP contribution in [0, 0.1) is 13.8 Å². The van der Waals surface area contributed by atoms with Gasteiger partial charge in [0.25, 0.3) is 5.56 Å². The number of carbonyl (C=O) groups is 2. The van der Waals surface area contributed by atoms with Gasteiger partial charge in [0.15, 0.2) is 4.80 Å². The van der Waals surface area contributed by atoms with Gasteiger partial charge in [-0.15, -0.1) is 11.3 Å². The summed E-state index contributed by atoms with van der Waals surface area (Å²) in [7, 11) is 1.36. The summed E-state index contributed by atoms with van der Waals surface area (Å²) in [5.74, 6) is -0.888. The fourth-order valence-corrected chi connectivity index (χ4v) is 7.31. The van der Waals surface area contributed by atoms with Crippen LogP contribution in [0.3, 0.4) is 0 Å². The summed E-state index contributed by atoms with van der Waals surface area (Å²) >= 11 is 2.78. The molecule has 0 aliphatic carbocycles. The van der Waals surface area contributed by atoms with Crippen molar-refractivity contribution in [2.75, 3.05) is 13.7 Å². The number of aromatic nitrogens is 2. The largest absolute Gasteiger partial charge is 0.465 e. The fourth-order valence-electron chi connectivity index (χ4n) is 5.49. The molecule has 10 heteroatoms. The Hall–Kier alpha value is -4.80. The summed E-state index contributed by atoms with van der Waals surface area (Å²) in [6, 6.07) is 21.9. The molecule has 3 aromatic heterocycles. The van der Waals surface area contributed by atoms with E-state index in [-0.39, 0.29) is 12.2 Å². The first kappa shape index (κ1) is 29.3. The predicted octanol–water partition coefficient (Wildman–Crippen LogP) is 5.19. The quantitative estimate of drug-likeness (QED) is 0.233. The number of hydrogen-bond acceptors (Lipinski definition) is 8. The van der Waals surface area contributed by atoms with E-state index in [1.165, 1.54) is 29.8 Å². The van der Waals surface area contributed by atoms with Gasteiger partial charge in [-0.1, -0.05) is 47.7 Å². The summed E-state index contributed by atoms with van der Waals surface area (Å²) in [6.45, 7) is 5.95. The lowest BCUT2D eigenvalue weighted by atomic mass is 9.97. The van der Waals surface area contributed by atoms with Crippen molar-refractivity contribution in [1.29, 1.82) is 0 Å². The number of ether oxygens (including phenoxy) is 2. The average molecular weight is 624 g/mol. The molecule has 5 aromatic rings. The van der Waals surface area contributed by atoms with Crippen molar-refractivity contribution in [3.05, 3.63) is 136 Å². The van der Waals surface area contributed by atoms with E-state index in [9.17, 15) is 14.4 Å². The number of carbonyl (C=O) groups excluding carboxylic acids is 2. The van der Waals surface area contributed by atoms with Crippen LogP contribution < -0.4 is 14.9 Å². The molecule has 0 radical (unpaired) electrons. The van der Waals surface area contributed by atoms with Crippen molar-refractivity contribution < 1.29 is 19.1 Å². The number of hydrogen-bond donors (Lipinski definition) is 0. The lowest BCUT2D eigenvalue weighted by Gasteiger charge is -2.24. The van der Waals surface area contributed by atoms with Crippen molar-refractivity contribution in [2.24, 2.45) is 4.99 Å². The smallest absolute Gasteiger partial charge is 0.338 e. The minimum atomic E-state index is -0.677. The van der Waals surface area contributed by atoms with Gasteiger partial charge in [-0.05, 0) is 74.2 Å². The minimum absolute atomic E-state index is 0.201. The van der Waals surface area contributed by atoms with Crippen LogP contribution in [0.4, 0.5) is 0 Å². The van der Waals surface area contributed by atoms with Crippen molar-refractivity contribution in [3.63, 3.8) is 0 Å². The SMILES string of the molecule is CCOC(=O)C1=C(c2ccccc2)N=c2sc(=Cc3cc(C)n(-c4ccc(C(=O)OC)cc4)c3C)c(=O)n2[C@H]1c1cccs1. The van der Waals surface area contributed by atoms with Crippen LogP contribution in [-0.4, -0.2) is 34.8 Å². The van der Waals surface area contributed by atoms with Gasteiger partial charge in [0.2, 0.25) is 0 Å².